The molecule has 0 aliphatic heterocycles. The van der Waals surface area contributed by atoms with Crippen molar-refractivity contribution in [3.8, 4) is 0 Å². The van der Waals surface area contributed by atoms with Crippen LogP contribution in [0.4, 0.5) is 0 Å². The Kier molecular flexibility index (Phi) is 15.6. The molecule has 0 amide bonds. The van der Waals surface area contributed by atoms with Crippen molar-refractivity contribution in [1.82, 2.24) is 0 Å². The van der Waals surface area contributed by atoms with E-state index in [1.807, 2.05) is 0 Å². The van der Waals surface area contributed by atoms with Gasteiger partial charge in [0.15, 0.2) is 0 Å². The molecule has 0 rings (SSSR count). The molecule has 134 valence electrons. The van der Waals surface area contributed by atoms with Gasteiger partial charge in [-0.25, -0.2) is 0 Å². The molecule has 3 atom stereocenters. The molecule has 0 aromatic carbocycles. The minimum absolute atomic E-state index is 0.295. The second-order valence-corrected chi connectivity index (χ2v) is 6.58. The van der Waals surface area contributed by atoms with Crippen molar-refractivity contribution in [2.45, 2.75) is 109 Å². The van der Waals surface area contributed by atoms with Crippen LogP contribution in [0.5, 0.6) is 0 Å². The fourth-order valence-corrected chi connectivity index (χ4v) is 2.76. The Bertz CT molecular complexity index is 226. The molecule has 0 spiro atoms. The molecule has 0 aliphatic carbocycles. The van der Waals surface area contributed by atoms with Gasteiger partial charge >= 0.3 is 0 Å². The lowest BCUT2D eigenvalue weighted by Gasteiger charge is -2.22. The molecule has 5 N–H and O–H groups in total. The van der Waals surface area contributed by atoms with Gasteiger partial charge in [-0.1, -0.05) is 84.0 Å². The predicted octanol–water partition coefficient (Wildman–Crippen LogP) is 3.12. The van der Waals surface area contributed by atoms with Crippen LogP contribution in [-0.4, -0.2) is 40.2 Å². The fraction of sp³-hybridized carbons (Fsp3) is 1.00. The van der Waals surface area contributed by atoms with Crippen LogP contribution >= 0.6 is 0 Å². The number of unbranched alkanes of at least 4 members (excludes halogenated alkanes) is 11. The summed E-state index contributed by atoms with van der Waals surface area (Å²) >= 11 is 0. The first-order chi connectivity index (χ1) is 10.6. The molecule has 4 nitrogen and oxygen atoms in total. The third-order valence-electron chi connectivity index (χ3n) is 4.40. The summed E-state index contributed by atoms with van der Waals surface area (Å²) in [5.41, 5.74) is 5.49. The molecule has 0 saturated carbocycles. The van der Waals surface area contributed by atoms with Crippen molar-refractivity contribution < 1.29 is 15.3 Å². The van der Waals surface area contributed by atoms with Gasteiger partial charge in [-0.05, 0) is 6.42 Å². The van der Waals surface area contributed by atoms with E-state index in [0.29, 0.717) is 6.42 Å². The molecule has 1 unspecified atom stereocenters. The molecule has 0 heterocycles. The van der Waals surface area contributed by atoms with Crippen LogP contribution in [0.15, 0.2) is 0 Å². The molecule has 0 aromatic heterocycles. The number of nitrogens with two attached hydrogens (primary N) is 1. The standard InChI is InChI=1S/C18H39NO3/c1-2-3-4-5-6-7-8-9-10-11-12-13-14-17(21)18(22)16(19)15-20/h16-18,20-22H,2-15,19H2,1H3/t16-,17?,18-/m0/s1. The van der Waals surface area contributed by atoms with Crippen molar-refractivity contribution >= 4 is 0 Å². The summed E-state index contributed by atoms with van der Waals surface area (Å²) in [6.45, 7) is 1.96. The monoisotopic (exact) mass is 317 g/mol. The predicted molar refractivity (Wildman–Crippen MR) is 92.8 cm³/mol. The van der Waals surface area contributed by atoms with Gasteiger partial charge in [-0.15, -0.1) is 0 Å². The summed E-state index contributed by atoms with van der Waals surface area (Å²) < 4.78 is 0. The lowest BCUT2D eigenvalue weighted by molar-refractivity contribution is -0.0121. The van der Waals surface area contributed by atoms with Crippen molar-refractivity contribution in [2.24, 2.45) is 5.73 Å². The third kappa shape index (κ3) is 12.4. The molecule has 22 heavy (non-hydrogen) atoms. The topological polar surface area (TPSA) is 86.7 Å². The van der Waals surface area contributed by atoms with Crippen LogP contribution in [0.2, 0.25) is 0 Å². The van der Waals surface area contributed by atoms with Crippen molar-refractivity contribution in [3.63, 3.8) is 0 Å². The van der Waals surface area contributed by atoms with Gasteiger partial charge in [0.25, 0.3) is 0 Å². The first-order valence-electron chi connectivity index (χ1n) is 9.36. The summed E-state index contributed by atoms with van der Waals surface area (Å²) in [5.74, 6) is 0. The summed E-state index contributed by atoms with van der Waals surface area (Å²) in [7, 11) is 0. The zero-order valence-electron chi connectivity index (χ0n) is 14.6. The second kappa shape index (κ2) is 15.7. The van der Waals surface area contributed by atoms with E-state index in [1.54, 1.807) is 0 Å². The van der Waals surface area contributed by atoms with Crippen LogP contribution < -0.4 is 5.73 Å². The summed E-state index contributed by atoms with van der Waals surface area (Å²) in [4.78, 5) is 0. The van der Waals surface area contributed by atoms with E-state index in [2.05, 4.69) is 6.92 Å². The maximum atomic E-state index is 9.74. The van der Waals surface area contributed by atoms with Crippen LogP contribution in [0.1, 0.15) is 90.4 Å². The van der Waals surface area contributed by atoms with Crippen LogP contribution in [-0.2, 0) is 0 Å². The lowest BCUT2D eigenvalue weighted by atomic mass is 10.00. The van der Waals surface area contributed by atoms with E-state index in [0.717, 1.165) is 12.8 Å². The SMILES string of the molecule is CCCCCCCCCCCCCCC(O)[C@@H](O)[C@@H](N)CO. The van der Waals surface area contributed by atoms with Gasteiger partial charge in [0, 0.05) is 0 Å². The van der Waals surface area contributed by atoms with Gasteiger partial charge in [0.05, 0.1) is 24.9 Å². The normalized spacial score (nSPS) is 15.7. The van der Waals surface area contributed by atoms with Gasteiger partial charge in [0.1, 0.15) is 0 Å². The van der Waals surface area contributed by atoms with Crippen LogP contribution in [0, 0.1) is 0 Å². The van der Waals surface area contributed by atoms with E-state index in [-0.39, 0.29) is 6.61 Å². The Morgan fingerprint density at radius 1 is 0.727 bits per heavy atom. The van der Waals surface area contributed by atoms with Crippen LogP contribution in [0.3, 0.4) is 0 Å². The zero-order chi connectivity index (χ0) is 16.6. The zero-order valence-corrected chi connectivity index (χ0v) is 14.6. The maximum Gasteiger partial charge on any atom is 0.0971 e. The Morgan fingerprint density at radius 2 is 1.14 bits per heavy atom. The lowest BCUT2D eigenvalue weighted by Crippen LogP contribution is -2.45. The Labute approximate surface area is 137 Å². The first kappa shape index (κ1) is 21.8. The Balaban J connectivity index is 3.26. The highest BCUT2D eigenvalue weighted by Gasteiger charge is 2.22. The summed E-state index contributed by atoms with van der Waals surface area (Å²) in [6, 6.07) is -0.743. The fourth-order valence-electron chi connectivity index (χ4n) is 2.76. The maximum absolute atomic E-state index is 9.74. The van der Waals surface area contributed by atoms with Crippen molar-refractivity contribution in [1.29, 1.82) is 0 Å². The third-order valence-corrected chi connectivity index (χ3v) is 4.40. The summed E-state index contributed by atoms with van der Waals surface area (Å²) in [5, 5.41) is 28.2. The van der Waals surface area contributed by atoms with Gasteiger partial charge in [-0.3, -0.25) is 0 Å². The number of aliphatic hydroxyl groups is 3. The minimum atomic E-state index is -1.02. The molecule has 0 radical (unpaired) electrons. The number of hydrogen-bond donors (Lipinski definition) is 4. The molecule has 0 saturated heterocycles. The number of rotatable bonds is 16. The Hall–Kier alpha value is -0.160. The van der Waals surface area contributed by atoms with Crippen LogP contribution in [0.25, 0.3) is 0 Å². The van der Waals surface area contributed by atoms with E-state index >= 15 is 0 Å². The number of aliphatic hydroxyl groups excluding tert-OH is 3. The Morgan fingerprint density at radius 3 is 1.55 bits per heavy atom. The highest BCUT2D eigenvalue weighted by Crippen LogP contribution is 2.14. The highest BCUT2D eigenvalue weighted by molar-refractivity contribution is 4.77. The minimum Gasteiger partial charge on any atom is -0.395 e. The largest absolute Gasteiger partial charge is 0.395 e. The second-order valence-electron chi connectivity index (χ2n) is 6.58. The quantitative estimate of drug-likeness (QED) is 0.329. The van der Waals surface area contributed by atoms with Gasteiger partial charge in [0.2, 0.25) is 0 Å². The van der Waals surface area contributed by atoms with Gasteiger partial charge in [-0.2, -0.15) is 0 Å². The van der Waals surface area contributed by atoms with E-state index in [4.69, 9.17) is 10.8 Å². The average Bonchev–Trinajstić information content (AvgIpc) is 2.54. The molecule has 4 heteroatoms. The molecular formula is C18H39NO3. The van der Waals surface area contributed by atoms with Crippen molar-refractivity contribution in [2.75, 3.05) is 6.61 Å². The van der Waals surface area contributed by atoms with E-state index in [1.165, 1.54) is 64.2 Å². The number of hydrogen-bond acceptors (Lipinski definition) is 4. The van der Waals surface area contributed by atoms with E-state index in [9.17, 15) is 10.2 Å². The first-order valence-corrected chi connectivity index (χ1v) is 9.36. The molecule has 0 fully saturated rings. The average molecular weight is 318 g/mol. The molecule has 0 aliphatic rings. The molecule has 0 bridgehead atoms. The molecule has 0 aromatic rings. The smallest absolute Gasteiger partial charge is 0.0971 e. The van der Waals surface area contributed by atoms with Gasteiger partial charge < -0.3 is 21.1 Å². The molecular weight excluding hydrogens is 278 g/mol. The van der Waals surface area contributed by atoms with Crippen molar-refractivity contribution in [3.05, 3.63) is 0 Å². The highest BCUT2D eigenvalue weighted by atomic mass is 16.3. The summed E-state index contributed by atoms with van der Waals surface area (Å²) in [6.07, 6.45) is 14.1. The van der Waals surface area contributed by atoms with E-state index < -0.39 is 18.2 Å².